The number of rotatable bonds is 2. The number of halogens is 2. The van der Waals surface area contributed by atoms with Crippen molar-refractivity contribution in [3.63, 3.8) is 0 Å². The summed E-state index contributed by atoms with van der Waals surface area (Å²) in [5, 5.41) is 1.97. The molecule has 2 aromatic rings. The molecule has 104 valence electrons. The molecule has 1 amide bonds. The first-order chi connectivity index (χ1) is 9.60. The van der Waals surface area contributed by atoms with Crippen LogP contribution in [0.25, 0.3) is 0 Å². The molecule has 0 radical (unpaired) electrons. The molecule has 0 bridgehead atoms. The van der Waals surface area contributed by atoms with Gasteiger partial charge in [0.05, 0.1) is 15.2 Å². The van der Waals surface area contributed by atoms with E-state index in [-0.39, 0.29) is 11.8 Å². The fourth-order valence-electron chi connectivity index (χ4n) is 2.50. The Hall–Kier alpha value is -0.810. The largest absolute Gasteiger partial charge is 0.333 e. The summed E-state index contributed by atoms with van der Waals surface area (Å²) in [4.78, 5) is 14.9. The molecule has 2 nitrogen and oxygen atoms in total. The normalized spacial score (nSPS) is 17.9. The van der Waals surface area contributed by atoms with Crippen LogP contribution in [0.1, 0.15) is 21.9 Å². The Balaban J connectivity index is 2.06. The third kappa shape index (κ3) is 2.42. The van der Waals surface area contributed by atoms with Gasteiger partial charge in [0.25, 0.3) is 0 Å². The molecular formula is C14H11Cl2NOS2. The first-order valence-electron chi connectivity index (χ1n) is 6.02. The Kier molecular flexibility index (Phi) is 3.91. The van der Waals surface area contributed by atoms with E-state index < -0.39 is 0 Å². The van der Waals surface area contributed by atoms with Gasteiger partial charge in [-0.2, -0.15) is 0 Å². The molecule has 0 spiro atoms. The molecule has 0 saturated carbocycles. The van der Waals surface area contributed by atoms with Crippen molar-refractivity contribution in [1.29, 1.82) is 0 Å². The second kappa shape index (κ2) is 5.53. The number of fused-ring (bicyclic) bond motifs is 1. The first kappa shape index (κ1) is 14.1. The summed E-state index contributed by atoms with van der Waals surface area (Å²) in [6.45, 7) is 4.77. The van der Waals surface area contributed by atoms with Gasteiger partial charge in [0.2, 0.25) is 5.91 Å². The van der Waals surface area contributed by atoms with E-state index in [4.69, 9.17) is 23.2 Å². The zero-order valence-corrected chi connectivity index (χ0v) is 13.6. The lowest BCUT2D eigenvalue weighted by molar-refractivity contribution is -0.127. The highest BCUT2D eigenvalue weighted by molar-refractivity contribution is 7.16. The van der Waals surface area contributed by atoms with E-state index in [1.165, 1.54) is 34.3 Å². The number of carbonyl (C=O) groups excluding carboxylic acids is 1. The second-order valence-corrected chi connectivity index (χ2v) is 7.84. The summed E-state index contributed by atoms with van der Waals surface area (Å²) in [5.41, 5.74) is 2.25. The summed E-state index contributed by atoms with van der Waals surface area (Å²) < 4.78 is 1.52. The van der Waals surface area contributed by atoms with Gasteiger partial charge in [-0.15, -0.1) is 22.7 Å². The van der Waals surface area contributed by atoms with Crippen molar-refractivity contribution in [3.05, 3.63) is 54.8 Å². The van der Waals surface area contributed by atoms with Gasteiger partial charge in [-0.25, -0.2) is 0 Å². The Labute approximate surface area is 135 Å². The van der Waals surface area contributed by atoms with Crippen molar-refractivity contribution < 1.29 is 4.79 Å². The first-order valence-corrected chi connectivity index (χ1v) is 8.47. The molecule has 3 rings (SSSR count). The average Bonchev–Trinajstić information content (AvgIpc) is 3.01. The molecule has 1 aliphatic rings. The van der Waals surface area contributed by atoms with Crippen LogP contribution in [0, 0.1) is 0 Å². The summed E-state index contributed by atoms with van der Waals surface area (Å²) in [6.07, 6.45) is 1.35. The van der Waals surface area contributed by atoms with Crippen LogP contribution in [0.15, 0.2) is 30.2 Å². The second-order valence-electron chi connectivity index (χ2n) is 4.55. The predicted molar refractivity (Wildman–Crippen MR) is 86.1 cm³/mol. The van der Waals surface area contributed by atoms with Crippen molar-refractivity contribution in [3.8, 4) is 0 Å². The Morgan fingerprint density at radius 3 is 2.90 bits per heavy atom. The molecule has 0 aliphatic carbocycles. The fraction of sp³-hybridized carbons (Fsp3) is 0.214. The number of hydrogen-bond acceptors (Lipinski definition) is 3. The van der Waals surface area contributed by atoms with Crippen molar-refractivity contribution in [2.24, 2.45) is 0 Å². The quantitative estimate of drug-likeness (QED) is 0.718. The summed E-state index contributed by atoms with van der Waals surface area (Å²) in [5.74, 6) is 0.0293. The fourth-order valence-corrected chi connectivity index (χ4v) is 4.89. The third-order valence-corrected chi connectivity index (χ3v) is 5.90. The minimum Gasteiger partial charge on any atom is -0.333 e. The van der Waals surface area contributed by atoms with Gasteiger partial charge < -0.3 is 4.90 Å². The maximum atomic E-state index is 11.9. The van der Waals surface area contributed by atoms with E-state index in [1.54, 1.807) is 4.90 Å². The van der Waals surface area contributed by atoms with Crippen LogP contribution in [0.5, 0.6) is 0 Å². The topological polar surface area (TPSA) is 20.3 Å². The number of thiophene rings is 2. The van der Waals surface area contributed by atoms with Gasteiger partial charge >= 0.3 is 0 Å². The number of hydrogen-bond donors (Lipinski definition) is 0. The van der Waals surface area contributed by atoms with E-state index in [2.05, 4.69) is 6.58 Å². The van der Waals surface area contributed by atoms with Crippen LogP contribution in [0.4, 0.5) is 0 Å². The molecule has 0 fully saturated rings. The molecule has 1 atom stereocenters. The molecule has 2 aromatic heterocycles. The van der Waals surface area contributed by atoms with Gasteiger partial charge in [-0.3, -0.25) is 4.79 Å². The van der Waals surface area contributed by atoms with Crippen molar-refractivity contribution in [2.45, 2.75) is 12.5 Å². The predicted octanol–water partition coefficient (Wildman–Crippen LogP) is 4.78. The zero-order chi connectivity index (χ0) is 14.3. The SMILES string of the molecule is C=CC(=O)N1Cc2sc(Cl)cc2[C@H](c2ccsc2Cl)C1. The van der Waals surface area contributed by atoms with Gasteiger partial charge in [-0.05, 0) is 34.7 Å². The molecule has 3 heterocycles. The van der Waals surface area contributed by atoms with Gasteiger partial charge in [-0.1, -0.05) is 29.8 Å². The van der Waals surface area contributed by atoms with Crippen molar-refractivity contribution in [1.82, 2.24) is 4.90 Å². The highest BCUT2D eigenvalue weighted by atomic mass is 35.5. The summed E-state index contributed by atoms with van der Waals surface area (Å²) >= 11 is 15.4. The summed E-state index contributed by atoms with van der Waals surface area (Å²) in [6, 6.07) is 4.02. The number of amides is 1. The van der Waals surface area contributed by atoms with E-state index in [0.717, 1.165) is 19.1 Å². The Morgan fingerprint density at radius 1 is 1.45 bits per heavy atom. The summed E-state index contributed by atoms with van der Waals surface area (Å²) in [7, 11) is 0. The van der Waals surface area contributed by atoms with E-state index in [1.807, 2.05) is 17.5 Å². The van der Waals surface area contributed by atoms with Gasteiger partial charge in [0, 0.05) is 17.3 Å². The van der Waals surface area contributed by atoms with E-state index in [0.29, 0.717) is 13.1 Å². The van der Waals surface area contributed by atoms with Crippen LogP contribution in [-0.4, -0.2) is 17.4 Å². The van der Waals surface area contributed by atoms with Crippen LogP contribution in [-0.2, 0) is 11.3 Å². The lowest BCUT2D eigenvalue weighted by Gasteiger charge is -2.32. The standard InChI is InChI=1S/C14H11Cl2NOS2/c1-2-13(18)17-6-10(8-3-4-19-14(8)16)9-5-12(15)20-11(9)7-17/h2-5,10H,1,6-7H2/t10-/m0/s1. The van der Waals surface area contributed by atoms with E-state index >= 15 is 0 Å². The van der Waals surface area contributed by atoms with Gasteiger partial charge in [0.15, 0.2) is 0 Å². The van der Waals surface area contributed by atoms with Crippen molar-refractivity contribution in [2.75, 3.05) is 6.54 Å². The number of carbonyl (C=O) groups is 1. The number of nitrogens with zero attached hydrogens (tertiary/aromatic N) is 1. The smallest absolute Gasteiger partial charge is 0.246 e. The molecule has 0 unspecified atom stereocenters. The zero-order valence-electron chi connectivity index (χ0n) is 10.4. The molecule has 0 aromatic carbocycles. The lowest BCUT2D eigenvalue weighted by Crippen LogP contribution is -2.36. The Morgan fingerprint density at radius 2 is 2.25 bits per heavy atom. The minimum absolute atomic E-state index is 0.0588. The van der Waals surface area contributed by atoms with Crippen LogP contribution >= 0.6 is 45.9 Å². The van der Waals surface area contributed by atoms with E-state index in [9.17, 15) is 4.79 Å². The third-order valence-electron chi connectivity index (χ3n) is 3.43. The molecule has 6 heteroatoms. The molecule has 1 aliphatic heterocycles. The Bertz CT molecular complexity index is 677. The molecular weight excluding hydrogens is 333 g/mol. The van der Waals surface area contributed by atoms with Crippen LogP contribution in [0.2, 0.25) is 8.67 Å². The lowest BCUT2D eigenvalue weighted by atomic mass is 9.90. The molecule has 20 heavy (non-hydrogen) atoms. The van der Waals surface area contributed by atoms with Crippen LogP contribution < -0.4 is 0 Å². The molecule has 0 N–H and O–H groups in total. The molecule has 0 saturated heterocycles. The average molecular weight is 344 g/mol. The van der Waals surface area contributed by atoms with Gasteiger partial charge in [0.1, 0.15) is 0 Å². The minimum atomic E-state index is -0.0588. The highest BCUT2D eigenvalue weighted by Gasteiger charge is 2.31. The maximum absolute atomic E-state index is 11.9. The van der Waals surface area contributed by atoms with Crippen LogP contribution in [0.3, 0.4) is 0 Å². The highest BCUT2D eigenvalue weighted by Crippen LogP contribution is 2.43. The maximum Gasteiger partial charge on any atom is 0.246 e. The van der Waals surface area contributed by atoms with Crippen molar-refractivity contribution >= 4 is 51.8 Å². The monoisotopic (exact) mass is 343 g/mol.